The standard InChI is InChI=1S/C25H25F3N4O4/c26-25(27,28)36-21-8-4-7-20(13-21)32(19-5-2-1-3-6-19)23-15-29-14-22(30-23)31-11-9-18(10-12-31)16-35-17-24(33)34/h1-8,13-15,18H,9-12,16-17H2,(H,33,34). The molecule has 1 fully saturated rings. The molecule has 36 heavy (non-hydrogen) atoms. The topological polar surface area (TPSA) is 88.0 Å². The molecular formula is C25H25F3N4O4. The zero-order chi connectivity index (χ0) is 25.5. The van der Waals surface area contributed by atoms with Crippen LogP contribution in [0.15, 0.2) is 67.0 Å². The van der Waals surface area contributed by atoms with Gasteiger partial charge in [-0.3, -0.25) is 9.88 Å². The molecule has 0 amide bonds. The van der Waals surface area contributed by atoms with Gasteiger partial charge in [0.15, 0.2) is 5.82 Å². The first-order valence-electron chi connectivity index (χ1n) is 11.4. The SMILES string of the molecule is O=C(O)COCC1CCN(c2cncc(N(c3ccccc3)c3cccc(OC(F)(F)F)c3)n2)CC1. The molecule has 0 saturated carbocycles. The van der Waals surface area contributed by atoms with Crippen LogP contribution in [-0.2, 0) is 9.53 Å². The average Bonchev–Trinajstić information content (AvgIpc) is 2.85. The maximum atomic E-state index is 12.8. The summed E-state index contributed by atoms with van der Waals surface area (Å²) in [5.74, 6) is 0.0139. The molecular weight excluding hydrogens is 477 g/mol. The first-order chi connectivity index (χ1) is 17.3. The van der Waals surface area contributed by atoms with E-state index < -0.39 is 12.3 Å². The van der Waals surface area contributed by atoms with Gasteiger partial charge in [-0.2, -0.15) is 0 Å². The minimum atomic E-state index is -4.80. The molecule has 1 N–H and O–H groups in total. The average molecular weight is 502 g/mol. The molecule has 1 aromatic heterocycles. The quantitative estimate of drug-likeness (QED) is 0.429. The maximum absolute atomic E-state index is 12.8. The molecule has 0 unspecified atom stereocenters. The Morgan fingerprint density at radius 2 is 1.78 bits per heavy atom. The Morgan fingerprint density at radius 1 is 1.06 bits per heavy atom. The number of carbonyl (C=O) groups is 1. The van der Waals surface area contributed by atoms with E-state index in [9.17, 15) is 18.0 Å². The Kier molecular flexibility index (Phi) is 7.89. The fourth-order valence-electron chi connectivity index (χ4n) is 4.06. The number of halogens is 3. The number of hydrogen-bond donors (Lipinski definition) is 1. The van der Waals surface area contributed by atoms with Gasteiger partial charge in [-0.05, 0) is 43.0 Å². The molecule has 0 atom stereocenters. The molecule has 0 radical (unpaired) electrons. The van der Waals surface area contributed by atoms with Crippen LogP contribution in [0.2, 0.25) is 0 Å². The van der Waals surface area contributed by atoms with Crippen LogP contribution < -0.4 is 14.5 Å². The fraction of sp³-hybridized carbons (Fsp3) is 0.320. The van der Waals surface area contributed by atoms with Gasteiger partial charge in [0.25, 0.3) is 0 Å². The number of carboxylic acid groups (broad SMARTS) is 1. The summed E-state index contributed by atoms with van der Waals surface area (Å²) in [6, 6.07) is 14.9. The van der Waals surface area contributed by atoms with Crippen LogP contribution in [0.4, 0.5) is 36.2 Å². The number of anilines is 4. The molecule has 11 heteroatoms. The summed E-state index contributed by atoms with van der Waals surface area (Å²) in [6.07, 6.45) is 0.0214. The molecule has 8 nitrogen and oxygen atoms in total. The van der Waals surface area contributed by atoms with Crippen LogP contribution in [0.1, 0.15) is 12.8 Å². The second-order valence-corrected chi connectivity index (χ2v) is 8.29. The van der Waals surface area contributed by atoms with Gasteiger partial charge in [0.1, 0.15) is 18.2 Å². The van der Waals surface area contributed by atoms with E-state index in [2.05, 4.69) is 14.6 Å². The molecule has 0 spiro atoms. The van der Waals surface area contributed by atoms with E-state index in [4.69, 9.17) is 14.8 Å². The van der Waals surface area contributed by atoms with Gasteiger partial charge in [-0.1, -0.05) is 24.3 Å². The highest BCUT2D eigenvalue weighted by atomic mass is 19.4. The maximum Gasteiger partial charge on any atom is 0.573 e. The van der Waals surface area contributed by atoms with Gasteiger partial charge in [0, 0.05) is 24.8 Å². The minimum absolute atomic E-state index is 0.258. The highest BCUT2D eigenvalue weighted by molar-refractivity contribution is 5.75. The number of benzene rings is 2. The van der Waals surface area contributed by atoms with E-state index in [0.29, 0.717) is 42.7 Å². The Hall–Kier alpha value is -3.86. The highest BCUT2D eigenvalue weighted by Crippen LogP contribution is 2.36. The summed E-state index contributed by atoms with van der Waals surface area (Å²) in [5, 5.41) is 8.72. The van der Waals surface area contributed by atoms with Gasteiger partial charge in [-0.25, -0.2) is 9.78 Å². The third-order valence-electron chi connectivity index (χ3n) is 5.68. The lowest BCUT2D eigenvalue weighted by molar-refractivity contribution is -0.274. The van der Waals surface area contributed by atoms with E-state index in [1.165, 1.54) is 18.2 Å². The number of rotatable bonds is 9. The summed E-state index contributed by atoms with van der Waals surface area (Å²) < 4.78 is 47.8. The molecule has 1 saturated heterocycles. The van der Waals surface area contributed by atoms with Gasteiger partial charge >= 0.3 is 12.3 Å². The summed E-state index contributed by atoms with van der Waals surface area (Å²) >= 11 is 0. The molecule has 0 aliphatic carbocycles. The van der Waals surface area contributed by atoms with Gasteiger partial charge in [0.2, 0.25) is 0 Å². The number of alkyl halides is 3. The van der Waals surface area contributed by atoms with Crippen molar-refractivity contribution in [3.8, 4) is 5.75 Å². The summed E-state index contributed by atoms with van der Waals surface area (Å²) in [6.45, 7) is 1.47. The fourth-order valence-corrected chi connectivity index (χ4v) is 4.06. The van der Waals surface area contributed by atoms with Crippen molar-refractivity contribution in [2.24, 2.45) is 5.92 Å². The number of nitrogens with zero attached hydrogens (tertiary/aromatic N) is 4. The van der Waals surface area contributed by atoms with E-state index in [-0.39, 0.29) is 18.3 Å². The lowest BCUT2D eigenvalue weighted by Gasteiger charge is -2.33. The molecule has 1 aliphatic heterocycles. The summed E-state index contributed by atoms with van der Waals surface area (Å²) in [7, 11) is 0. The van der Waals surface area contributed by atoms with Crippen molar-refractivity contribution in [2.75, 3.05) is 36.1 Å². The van der Waals surface area contributed by atoms with Crippen molar-refractivity contribution in [3.05, 3.63) is 67.0 Å². The molecule has 2 aromatic carbocycles. The Labute approximate surface area is 205 Å². The van der Waals surface area contributed by atoms with E-state index in [0.717, 1.165) is 12.8 Å². The van der Waals surface area contributed by atoms with Crippen molar-refractivity contribution >= 4 is 29.0 Å². The second-order valence-electron chi connectivity index (χ2n) is 8.29. The zero-order valence-electron chi connectivity index (χ0n) is 19.3. The number of carboxylic acids is 1. The van der Waals surface area contributed by atoms with Crippen molar-refractivity contribution in [1.29, 1.82) is 0 Å². The number of para-hydroxylation sites is 1. The number of aromatic nitrogens is 2. The normalized spacial score (nSPS) is 14.5. The third kappa shape index (κ3) is 6.85. The lowest BCUT2D eigenvalue weighted by atomic mass is 9.98. The number of piperidine rings is 1. The Balaban J connectivity index is 1.56. The van der Waals surface area contributed by atoms with E-state index >= 15 is 0 Å². The first-order valence-corrected chi connectivity index (χ1v) is 11.4. The van der Waals surface area contributed by atoms with Crippen LogP contribution in [0.25, 0.3) is 0 Å². The molecule has 190 valence electrons. The number of aliphatic carboxylic acids is 1. The van der Waals surface area contributed by atoms with Crippen LogP contribution in [0, 0.1) is 5.92 Å². The molecule has 1 aliphatic rings. The van der Waals surface area contributed by atoms with Crippen molar-refractivity contribution < 1.29 is 32.5 Å². The van der Waals surface area contributed by atoms with Crippen LogP contribution in [0.3, 0.4) is 0 Å². The van der Waals surface area contributed by atoms with Gasteiger partial charge < -0.3 is 19.5 Å². The van der Waals surface area contributed by atoms with Crippen LogP contribution in [0.5, 0.6) is 5.75 Å². The van der Waals surface area contributed by atoms with Gasteiger partial charge in [-0.15, -0.1) is 13.2 Å². The van der Waals surface area contributed by atoms with Crippen molar-refractivity contribution in [1.82, 2.24) is 9.97 Å². The monoisotopic (exact) mass is 502 g/mol. The zero-order valence-corrected chi connectivity index (χ0v) is 19.3. The molecule has 2 heterocycles. The first kappa shape index (κ1) is 25.2. The lowest BCUT2D eigenvalue weighted by Crippen LogP contribution is -2.36. The third-order valence-corrected chi connectivity index (χ3v) is 5.68. The second kappa shape index (κ2) is 11.3. The minimum Gasteiger partial charge on any atom is -0.480 e. The van der Waals surface area contributed by atoms with Crippen molar-refractivity contribution in [3.63, 3.8) is 0 Å². The largest absolute Gasteiger partial charge is 0.573 e. The number of ether oxygens (including phenoxy) is 2. The summed E-state index contributed by atoms with van der Waals surface area (Å²) in [5.41, 5.74) is 1.13. The van der Waals surface area contributed by atoms with Gasteiger partial charge in [0.05, 0.1) is 24.7 Å². The highest BCUT2D eigenvalue weighted by Gasteiger charge is 2.31. The predicted molar refractivity (Wildman–Crippen MR) is 127 cm³/mol. The van der Waals surface area contributed by atoms with Crippen LogP contribution >= 0.6 is 0 Å². The van der Waals surface area contributed by atoms with Crippen molar-refractivity contribution in [2.45, 2.75) is 19.2 Å². The summed E-state index contributed by atoms with van der Waals surface area (Å²) in [4.78, 5) is 23.6. The molecule has 4 rings (SSSR count). The number of hydrogen-bond acceptors (Lipinski definition) is 7. The van der Waals surface area contributed by atoms with E-state index in [1.807, 2.05) is 30.3 Å². The molecule has 0 bridgehead atoms. The Morgan fingerprint density at radius 3 is 2.47 bits per heavy atom. The predicted octanol–water partition coefficient (Wildman–Crippen LogP) is 5.16. The smallest absolute Gasteiger partial charge is 0.480 e. The van der Waals surface area contributed by atoms with Crippen LogP contribution in [-0.4, -0.2) is 53.7 Å². The molecule has 3 aromatic rings. The Bertz CT molecular complexity index is 1160. The van der Waals surface area contributed by atoms with E-state index in [1.54, 1.807) is 23.4 Å².